The van der Waals surface area contributed by atoms with Crippen LogP contribution >= 0.6 is 11.7 Å². The molecule has 74 valence electrons. The number of carbonyl (C=O) groups is 1. The van der Waals surface area contributed by atoms with Crippen molar-refractivity contribution in [2.75, 3.05) is 0 Å². The van der Waals surface area contributed by atoms with Gasteiger partial charge in [-0.3, -0.25) is 0 Å². The van der Waals surface area contributed by atoms with Gasteiger partial charge in [0.15, 0.2) is 0 Å². The minimum absolute atomic E-state index is 0. The van der Waals surface area contributed by atoms with Gasteiger partial charge in [0, 0.05) is 0 Å². The summed E-state index contributed by atoms with van der Waals surface area (Å²) in [6.45, 7) is 0. The molecule has 0 atom stereocenters. The normalized spacial score (nSPS) is 9.40. The number of rotatable bonds is 2. The number of benzene rings is 1. The van der Waals surface area contributed by atoms with Gasteiger partial charge >= 0.3 is 74.2 Å². The van der Waals surface area contributed by atoms with E-state index in [1.165, 1.54) is 12.1 Å². The van der Waals surface area contributed by atoms with E-state index in [1.807, 2.05) is 0 Å². The monoisotopic (exact) mass is 266 g/mol. The predicted octanol–water partition coefficient (Wildman–Crippen LogP) is -0.279. The Bertz CT molecular complexity index is 404. The Kier molecular flexibility index (Phi) is 9.96. The van der Waals surface area contributed by atoms with Crippen LogP contribution in [0.1, 0.15) is 10.4 Å². The van der Waals surface area contributed by atoms with Crippen LogP contribution in [-0.2, 0) is 13.3 Å². The maximum absolute atomic E-state index is 11.0. The Morgan fingerprint density at radius 3 is 2.00 bits per heavy atom. The van der Waals surface area contributed by atoms with Crippen LogP contribution in [0.15, 0.2) is 30.3 Å². The summed E-state index contributed by atoms with van der Waals surface area (Å²) in [6.07, 6.45) is 0. The van der Waals surface area contributed by atoms with E-state index in [9.17, 15) is 13.2 Å². The molecule has 0 aliphatic carbocycles. The zero-order valence-corrected chi connectivity index (χ0v) is 8.09. The van der Waals surface area contributed by atoms with Gasteiger partial charge < -0.3 is 4.18 Å². The Morgan fingerprint density at radius 2 is 1.60 bits per heavy atom. The molecule has 1 aromatic carbocycles. The third-order valence-electron chi connectivity index (χ3n) is 1.19. The van der Waals surface area contributed by atoms with E-state index < -0.39 is 15.1 Å². The van der Waals surface area contributed by atoms with Crippen LogP contribution < -0.4 is 0 Å². The van der Waals surface area contributed by atoms with Crippen molar-refractivity contribution < 1.29 is 17.4 Å². The van der Waals surface area contributed by atoms with Crippen LogP contribution in [0.3, 0.4) is 0 Å². The van der Waals surface area contributed by atoms with E-state index in [-0.39, 0.29) is 64.7 Å². The average Bonchev–Trinajstić information content (AvgIpc) is 2.03. The van der Waals surface area contributed by atoms with Crippen LogP contribution in [0.4, 0.5) is 0 Å². The molecular weight excluding hydrogens is 258 g/mol. The average molecular weight is 266 g/mol. The third kappa shape index (κ3) is 7.82. The first-order valence-corrected chi connectivity index (χ1v) is 5.71. The van der Waals surface area contributed by atoms with E-state index in [4.69, 9.17) is 0 Å². The van der Waals surface area contributed by atoms with Crippen LogP contribution in [0.25, 0.3) is 0 Å². The molecule has 0 saturated carbocycles. The molecule has 0 bridgehead atoms. The molecule has 0 saturated heterocycles. The van der Waals surface area contributed by atoms with Gasteiger partial charge in [0.25, 0.3) is 0 Å². The topological polar surface area (TPSA) is 60.4 Å². The minimum atomic E-state index is -4.03. The van der Waals surface area contributed by atoms with Gasteiger partial charge in [-0.25, -0.2) is 4.79 Å². The molecule has 15 heavy (non-hydrogen) atoms. The molecule has 0 fully saturated rings. The summed E-state index contributed by atoms with van der Waals surface area (Å²) >= 11 is 3.07. The molecule has 0 aliphatic rings. The molecular formula is C7H8Na2O4S2. The molecule has 0 amide bonds. The van der Waals surface area contributed by atoms with E-state index in [0.29, 0.717) is 0 Å². The summed E-state index contributed by atoms with van der Waals surface area (Å²) in [4.78, 5) is 11.0. The Balaban J connectivity index is 0. The fraction of sp³-hybridized carbons (Fsp3) is 0. The van der Waals surface area contributed by atoms with E-state index in [1.54, 1.807) is 18.2 Å². The van der Waals surface area contributed by atoms with Crippen LogP contribution in [0.2, 0.25) is 0 Å². The van der Waals surface area contributed by atoms with Crippen molar-refractivity contribution in [1.82, 2.24) is 0 Å². The summed E-state index contributed by atoms with van der Waals surface area (Å²) in [7, 11) is -4.03. The molecule has 0 radical (unpaired) electrons. The second kappa shape index (κ2) is 8.14. The second-order valence-corrected chi connectivity index (χ2v) is 4.53. The molecule has 4 nitrogen and oxygen atoms in total. The van der Waals surface area contributed by atoms with Crippen molar-refractivity contribution in [2.24, 2.45) is 0 Å². The molecule has 1 rings (SSSR count). The van der Waals surface area contributed by atoms with Crippen molar-refractivity contribution in [3.8, 4) is 0 Å². The molecule has 0 N–H and O–H groups in total. The van der Waals surface area contributed by atoms with E-state index in [0.717, 1.165) is 0 Å². The van der Waals surface area contributed by atoms with Crippen LogP contribution in [0, 0.1) is 0 Å². The zero-order valence-electron chi connectivity index (χ0n) is 6.38. The Hall–Kier alpha value is 0.990. The first-order chi connectivity index (χ1) is 5.99. The molecule has 0 aliphatic heterocycles. The number of thiol groups is 1. The third-order valence-corrected chi connectivity index (χ3v) is 1.78. The van der Waals surface area contributed by atoms with Gasteiger partial charge in [0.1, 0.15) is 0 Å². The van der Waals surface area contributed by atoms with Crippen molar-refractivity contribution in [2.45, 2.75) is 0 Å². The van der Waals surface area contributed by atoms with Crippen molar-refractivity contribution in [3.05, 3.63) is 35.9 Å². The summed E-state index contributed by atoms with van der Waals surface area (Å²) in [6, 6.07) is 7.79. The molecule has 0 spiro atoms. The molecule has 0 heterocycles. The van der Waals surface area contributed by atoms with Gasteiger partial charge in [-0.05, 0) is 23.8 Å². The molecule has 0 aromatic heterocycles. The first kappa shape index (κ1) is 18.4. The molecule has 8 heteroatoms. The van der Waals surface area contributed by atoms with Gasteiger partial charge in [-0.15, -0.1) is 0 Å². The quantitative estimate of drug-likeness (QED) is 0.454. The maximum atomic E-state index is 11.0. The van der Waals surface area contributed by atoms with Gasteiger partial charge in [-0.1, -0.05) is 18.2 Å². The van der Waals surface area contributed by atoms with Gasteiger partial charge in [-0.2, -0.15) is 8.42 Å². The fourth-order valence-electron chi connectivity index (χ4n) is 0.718. The van der Waals surface area contributed by atoms with Crippen molar-refractivity contribution in [1.29, 1.82) is 0 Å². The van der Waals surface area contributed by atoms with Crippen molar-refractivity contribution in [3.63, 3.8) is 0 Å². The second-order valence-electron chi connectivity index (χ2n) is 2.16. The first-order valence-electron chi connectivity index (χ1n) is 3.25. The van der Waals surface area contributed by atoms with Gasteiger partial charge in [0.05, 0.1) is 5.56 Å². The molecule has 1 aromatic rings. The van der Waals surface area contributed by atoms with E-state index >= 15 is 0 Å². The SMILES string of the molecule is O=C(OS(=O)(=O)S)c1ccccc1.[NaH].[NaH]. The van der Waals surface area contributed by atoms with E-state index in [2.05, 4.69) is 15.8 Å². The summed E-state index contributed by atoms with van der Waals surface area (Å²) < 4.78 is 24.9. The molecule has 0 unspecified atom stereocenters. The number of hydrogen-bond acceptors (Lipinski definition) is 4. The van der Waals surface area contributed by atoms with Crippen LogP contribution in [0.5, 0.6) is 0 Å². The zero-order chi connectivity index (χ0) is 9.90. The number of carbonyl (C=O) groups excluding carboxylic acids is 1. The summed E-state index contributed by atoms with van der Waals surface area (Å²) in [5.74, 6) is -0.935. The fourth-order valence-corrected chi connectivity index (χ4v) is 1.21. The number of hydrogen-bond donors (Lipinski definition) is 1. The Morgan fingerprint density at radius 1 is 1.13 bits per heavy atom. The van der Waals surface area contributed by atoms with Gasteiger partial charge in [0.2, 0.25) is 0 Å². The summed E-state index contributed by atoms with van der Waals surface area (Å²) in [5, 5.41) is 0. The summed E-state index contributed by atoms with van der Waals surface area (Å²) in [5.41, 5.74) is 0.167. The Labute approximate surface area is 137 Å². The standard InChI is InChI=1S/C7H6O4S2.2Na.2H/c8-7(11-13(9,10)12)6-4-2-1-3-5-6;;;;/h1-5H,(H,9,10,12);;;;. The predicted molar refractivity (Wildman–Crippen MR) is 64.1 cm³/mol. The van der Waals surface area contributed by atoms with Crippen molar-refractivity contribution >= 4 is 85.9 Å². The van der Waals surface area contributed by atoms with Crippen LogP contribution in [-0.4, -0.2) is 73.5 Å².